The Hall–Kier alpha value is -1.49. The van der Waals surface area contributed by atoms with Gasteiger partial charge < -0.3 is 13.7 Å². The molecule has 23 heavy (non-hydrogen) atoms. The molecule has 1 aromatic heterocycles. The van der Waals surface area contributed by atoms with Crippen molar-refractivity contribution in [1.82, 2.24) is 0 Å². The Kier molecular flexibility index (Phi) is 3.12. The minimum absolute atomic E-state index is 0.372. The van der Waals surface area contributed by atoms with Gasteiger partial charge in [0.1, 0.15) is 11.2 Å². The molecule has 0 saturated carbocycles. The molecule has 0 unspecified atom stereocenters. The van der Waals surface area contributed by atoms with Gasteiger partial charge in [0, 0.05) is 21.9 Å². The number of benzene rings is 2. The molecular formula is C18H18BClO3. The van der Waals surface area contributed by atoms with Crippen molar-refractivity contribution in [2.45, 2.75) is 38.9 Å². The summed E-state index contributed by atoms with van der Waals surface area (Å²) in [6.07, 6.45) is 0. The van der Waals surface area contributed by atoms with Gasteiger partial charge in [-0.1, -0.05) is 23.7 Å². The van der Waals surface area contributed by atoms with Gasteiger partial charge in [-0.25, -0.2) is 0 Å². The quantitative estimate of drug-likeness (QED) is 0.615. The lowest BCUT2D eigenvalue weighted by molar-refractivity contribution is 0.00578. The number of hydrogen-bond acceptors (Lipinski definition) is 3. The maximum atomic E-state index is 6.21. The Morgan fingerprint density at radius 1 is 0.913 bits per heavy atom. The summed E-state index contributed by atoms with van der Waals surface area (Å²) in [7, 11) is -0.417. The highest BCUT2D eigenvalue weighted by atomic mass is 35.5. The normalized spacial score (nSPS) is 19.8. The van der Waals surface area contributed by atoms with Gasteiger partial charge in [0.25, 0.3) is 0 Å². The van der Waals surface area contributed by atoms with E-state index in [0.717, 1.165) is 27.4 Å². The van der Waals surface area contributed by atoms with Crippen LogP contribution < -0.4 is 5.46 Å². The van der Waals surface area contributed by atoms with Gasteiger partial charge in [0.2, 0.25) is 0 Å². The summed E-state index contributed by atoms with van der Waals surface area (Å²) in [5, 5.41) is 2.71. The van der Waals surface area contributed by atoms with Crippen LogP contribution >= 0.6 is 11.6 Å². The lowest BCUT2D eigenvalue weighted by Gasteiger charge is -2.32. The fraction of sp³-hybridized carbons (Fsp3) is 0.333. The van der Waals surface area contributed by atoms with E-state index in [4.69, 9.17) is 25.3 Å². The fourth-order valence-electron chi connectivity index (χ4n) is 2.99. The highest BCUT2D eigenvalue weighted by Gasteiger charge is 2.52. The predicted molar refractivity (Wildman–Crippen MR) is 94.4 cm³/mol. The molecule has 118 valence electrons. The maximum absolute atomic E-state index is 6.21. The van der Waals surface area contributed by atoms with Crippen LogP contribution in [0.3, 0.4) is 0 Å². The Morgan fingerprint density at radius 3 is 2.30 bits per heavy atom. The van der Waals surface area contributed by atoms with Crippen molar-refractivity contribution in [2.24, 2.45) is 0 Å². The molecule has 0 amide bonds. The Labute approximate surface area is 140 Å². The van der Waals surface area contributed by atoms with E-state index < -0.39 is 7.12 Å². The van der Waals surface area contributed by atoms with Crippen molar-refractivity contribution >= 4 is 46.1 Å². The smallest absolute Gasteiger partial charge is 0.456 e. The molecule has 1 aliphatic rings. The summed E-state index contributed by atoms with van der Waals surface area (Å²) >= 11 is 6.08. The Bertz CT molecular complexity index is 897. The van der Waals surface area contributed by atoms with Crippen LogP contribution in [0, 0.1) is 0 Å². The molecule has 0 atom stereocenters. The zero-order valence-corrected chi connectivity index (χ0v) is 14.4. The van der Waals surface area contributed by atoms with E-state index in [1.165, 1.54) is 0 Å². The van der Waals surface area contributed by atoms with Gasteiger partial charge in [-0.2, -0.15) is 0 Å². The second-order valence-corrected chi connectivity index (χ2v) is 7.49. The maximum Gasteiger partial charge on any atom is 0.495 e. The van der Waals surface area contributed by atoms with Gasteiger partial charge in [-0.3, -0.25) is 0 Å². The molecule has 1 saturated heterocycles. The number of fused-ring (bicyclic) bond motifs is 3. The number of furan rings is 1. The first-order chi connectivity index (χ1) is 10.8. The van der Waals surface area contributed by atoms with E-state index >= 15 is 0 Å². The van der Waals surface area contributed by atoms with Gasteiger partial charge in [0.05, 0.1) is 11.2 Å². The molecule has 0 aliphatic carbocycles. The van der Waals surface area contributed by atoms with E-state index in [1.54, 1.807) is 0 Å². The third-order valence-corrected chi connectivity index (χ3v) is 5.23. The van der Waals surface area contributed by atoms with Gasteiger partial charge >= 0.3 is 7.12 Å². The van der Waals surface area contributed by atoms with Crippen LogP contribution in [0.1, 0.15) is 27.7 Å². The topological polar surface area (TPSA) is 31.6 Å². The largest absolute Gasteiger partial charge is 0.495 e. The van der Waals surface area contributed by atoms with Crippen molar-refractivity contribution < 1.29 is 13.7 Å². The summed E-state index contributed by atoms with van der Waals surface area (Å²) in [5.74, 6) is 0. The molecule has 0 spiro atoms. The lowest BCUT2D eigenvalue weighted by atomic mass is 9.76. The monoisotopic (exact) mass is 328 g/mol. The Balaban J connectivity index is 1.93. The molecule has 4 rings (SSSR count). The zero-order chi connectivity index (χ0) is 16.4. The molecule has 3 nitrogen and oxygen atoms in total. The van der Waals surface area contributed by atoms with Crippen molar-refractivity contribution in [1.29, 1.82) is 0 Å². The van der Waals surface area contributed by atoms with E-state index in [1.807, 2.05) is 36.4 Å². The molecule has 1 aliphatic heterocycles. The number of halogens is 1. The highest BCUT2D eigenvalue weighted by Crippen LogP contribution is 2.38. The predicted octanol–water partition coefficient (Wildman–Crippen LogP) is 4.54. The molecule has 0 N–H and O–H groups in total. The second kappa shape index (κ2) is 4.76. The molecule has 1 fully saturated rings. The fourth-order valence-corrected chi connectivity index (χ4v) is 3.16. The van der Waals surface area contributed by atoms with Gasteiger partial charge in [-0.15, -0.1) is 0 Å². The second-order valence-electron chi connectivity index (χ2n) is 7.05. The third-order valence-electron chi connectivity index (χ3n) is 5.00. The van der Waals surface area contributed by atoms with Crippen molar-refractivity contribution in [3.8, 4) is 0 Å². The van der Waals surface area contributed by atoms with Crippen molar-refractivity contribution in [3.05, 3.63) is 41.4 Å². The minimum atomic E-state index is -0.417. The van der Waals surface area contributed by atoms with E-state index in [9.17, 15) is 0 Å². The van der Waals surface area contributed by atoms with E-state index in [0.29, 0.717) is 5.02 Å². The standard InChI is InChI=1S/C18H18BClO3/c1-17(2)18(3,4)23-19(22-17)13-6-5-7-14-16(13)12-9-8-11(20)10-15(12)21-14/h5-10H,1-4H3. The van der Waals surface area contributed by atoms with Crippen LogP contribution in [-0.4, -0.2) is 18.3 Å². The molecule has 3 aromatic rings. The van der Waals surface area contributed by atoms with Crippen LogP contribution in [0.2, 0.25) is 5.02 Å². The summed E-state index contributed by atoms with van der Waals surface area (Å²) in [5.41, 5.74) is 1.83. The first kappa shape index (κ1) is 15.1. The van der Waals surface area contributed by atoms with Crippen LogP contribution in [0.4, 0.5) is 0 Å². The average molecular weight is 329 g/mol. The average Bonchev–Trinajstić information content (AvgIpc) is 2.92. The third kappa shape index (κ3) is 2.20. The van der Waals surface area contributed by atoms with Gasteiger partial charge in [-0.05, 0) is 51.4 Å². The van der Waals surface area contributed by atoms with Crippen LogP contribution in [0.5, 0.6) is 0 Å². The summed E-state index contributed by atoms with van der Waals surface area (Å²) in [4.78, 5) is 0. The van der Waals surface area contributed by atoms with Crippen molar-refractivity contribution in [3.63, 3.8) is 0 Å². The van der Waals surface area contributed by atoms with Crippen LogP contribution in [0.25, 0.3) is 21.9 Å². The van der Waals surface area contributed by atoms with Crippen LogP contribution in [0.15, 0.2) is 40.8 Å². The molecule has 2 aromatic carbocycles. The number of rotatable bonds is 1. The summed E-state index contributed by atoms with van der Waals surface area (Å²) in [6, 6.07) is 11.7. The minimum Gasteiger partial charge on any atom is -0.456 e. The molecular weight excluding hydrogens is 310 g/mol. The van der Waals surface area contributed by atoms with Crippen LogP contribution in [-0.2, 0) is 9.31 Å². The highest BCUT2D eigenvalue weighted by molar-refractivity contribution is 6.66. The number of hydrogen-bond donors (Lipinski definition) is 0. The molecule has 5 heteroatoms. The lowest BCUT2D eigenvalue weighted by Crippen LogP contribution is -2.41. The van der Waals surface area contributed by atoms with E-state index in [2.05, 4.69) is 27.7 Å². The SMILES string of the molecule is CC1(C)OB(c2cccc3oc4cc(Cl)ccc4c23)OC1(C)C. The molecule has 0 bridgehead atoms. The summed E-state index contributed by atoms with van der Waals surface area (Å²) < 4.78 is 18.4. The first-order valence-corrected chi connectivity index (χ1v) is 8.13. The van der Waals surface area contributed by atoms with E-state index in [-0.39, 0.29) is 11.2 Å². The summed E-state index contributed by atoms with van der Waals surface area (Å²) in [6.45, 7) is 8.22. The molecule has 0 radical (unpaired) electrons. The first-order valence-electron chi connectivity index (χ1n) is 7.75. The Morgan fingerprint density at radius 2 is 1.61 bits per heavy atom. The van der Waals surface area contributed by atoms with Gasteiger partial charge in [0.15, 0.2) is 0 Å². The zero-order valence-electron chi connectivity index (χ0n) is 13.6. The molecule has 2 heterocycles. The van der Waals surface area contributed by atoms with Crippen molar-refractivity contribution in [2.75, 3.05) is 0 Å².